The monoisotopic (exact) mass is 422 g/mol. The first-order chi connectivity index (χ1) is 12.7. The summed E-state index contributed by atoms with van der Waals surface area (Å²) in [6.45, 7) is 3.14. The van der Waals surface area contributed by atoms with E-state index < -0.39 is 0 Å². The van der Waals surface area contributed by atoms with Gasteiger partial charge in [-0.2, -0.15) is 0 Å². The van der Waals surface area contributed by atoms with Gasteiger partial charge >= 0.3 is 0 Å². The first-order valence-corrected chi connectivity index (χ1v) is 10.8. The molecule has 1 amide bonds. The SMILES string of the molecule is CC1NCCCC1NC(=O)c1oc2ccccc2c1CSc1cccs1.Cl. The van der Waals surface area contributed by atoms with Crippen molar-refractivity contribution in [2.75, 3.05) is 6.54 Å². The van der Waals surface area contributed by atoms with Crippen LogP contribution in [0.5, 0.6) is 0 Å². The highest BCUT2D eigenvalue weighted by molar-refractivity contribution is 8.00. The van der Waals surface area contributed by atoms with E-state index in [1.165, 1.54) is 4.21 Å². The van der Waals surface area contributed by atoms with Crippen LogP contribution in [0.4, 0.5) is 0 Å². The van der Waals surface area contributed by atoms with Gasteiger partial charge in [0.05, 0.1) is 4.21 Å². The highest BCUT2D eigenvalue weighted by Crippen LogP contribution is 2.33. The Balaban J connectivity index is 0.00000210. The van der Waals surface area contributed by atoms with Crippen LogP contribution in [0.15, 0.2) is 50.4 Å². The van der Waals surface area contributed by atoms with Gasteiger partial charge in [0, 0.05) is 28.8 Å². The zero-order chi connectivity index (χ0) is 17.9. The van der Waals surface area contributed by atoms with Crippen molar-refractivity contribution < 1.29 is 9.21 Å². The summed E-state index contributed by atoms with van der Waals surface area (Å²) in [5, 5.41) is 9.70. The van der Waals surface area contributed by atoms with Crippen LogP contribution in [0, 0.1) is 0 Å². The Bertz CT molecular complexity index is 895. The van der Waals surface area contributed by atoms with Gasteiger partial charge in [-0.1, -0.05) is 24.3 Å². The molecule has 1 fully saturated rings. The fourth-order valence-corrected chi connectivity index (χ4v) is 5.20. The smallest absolute Gasteiger partial charge is 0.287 e. The molecular weight excluding hydrogens is 400 g/mol. The number of benzene rings is 1. The van der Waals surface area contributed by atoms with Crippen molar-refractivity contribution >= 4 is 52.4 Å². The highest BCUT2D eigenvalue weighted by Gasteiger charge is 2.26. The number of rotatable bonds is 5. The van der Waals surface area contributed by atoms with E-state index >= 15 is 0 Å². The molecule has 27 heavy (non-hydrogen) atoms. The van der Waals surface area contributed by atoms with Gasteiger partial charge in [0.15, 0.2) is 5.76 Å². The fourth-order valence-electron chi connectivity index (χ4n) is 3.39. The maximum absolute atomic E-state index is 13.0. The summed E-state index contributed by atoms with van der Waals surface area (Å²) in [6, 6.07) is 12.5. The van der Waals surface area contributed by atoms with E-state index in [0.29, 0.717) is 5.76 Å². The molecule has 0 radical (unpaired) electrons. The third-order valence-electron chi connectivity index (χ3n) is 4.84. The second-order valence-electron chi connectivity index (χ2n) is 6.59. The molecule has 0 aliphatic carbocycles. The highest BCUT2D eigenvalue weighted by atomic mass is 35.5. The molecule has 1 aromatic carbocycles. The normalized spacial score (nSPS) is 19.6. The minimum absolute atomic E-state index is 0. The van der Waals surface area contributed by atoms with Crippen LogP contribution in [0.3, 0.4) is 0 Å². The molecule has 144 valence electrons. The number of para-hydroxylation sites is 1. The summed E-state index contributed by atoms with van der Waals surface area (Å²) < 4.78 is 7.21. The lowest BCUT2D eigenvalue weighted by Crippen LogP contribution is -2.51. The maximum Gasteiger partial charge on any atom is 0.287 e. The molecule has 4 rings (SSSR count). The van der Waals surface area contributed by atoms with Crippen LogP contribution in [0.25, 0.3) is 11.0 Å². The first kappa shape index (κ1) is 20.3. The zero-order valence-corrected chi connectivity index (χ0v) is 17.5. The lowest BCUT2D eigenvalue weighted by atomic mass is 9.99. The van der Waals surface area contributed by atoms with E-state index in [1.54, 1.807) is 23.1 Å². The second kappa shape index (κ2) is 9.15. The van der Waals surface area contributed by atoms with Crippen molar-refractivity contribution in [2.45, 2.75) is 41.8 Å². The van der Waals surface area contributed by atoms with E-state index in [4.69, 9.17) is 4.42 Å². The van der Waals surface area contributed by atoms with Crippen molar-refractivity contribution in [3.05, 3.63) is 53.1 Å². The molecule has 3 heterocycles. The van der Waals surface area contributed by atoms with E-state index in [1.807, 2.05) is 30.3 Å². The van der Waals surface area contributed by atoms with Gasteiger partial charge in [0.2, 0.25) is 0 Å². The predicted molar refractivity (Wildman–Crippen MR) is 115 cm³/mol. The molecule has 2 N–H and O–H groups in total. The molecule has 0 spiro atoms. The summed E-state index contributed by atoms with van der Waals surface area (Å²) in [4.78, 5) is 13.0. The van der Waals surface area contributed by atoms with E-state index in [-0.39, 0.29) is 30.4 Å². The quantitative estimate of drug-likeness (QED) is 0.563. The zero-order valence-electron chi connectivity index (χ0n) is 15.1. The predicted octanol–water partition coefficient (Wildman–Crippen LogP) is 5.08. The third-order valence-corrected chi connectivity index (χ3v) is 6.99. The third kappa shape index (κ3) is 4.51. The van der Waals surface area contributed by atoms with E-state index in [0.717, 1.165) is 41.7 Å². The number of piperidine rings is 1. The van der Waals surface area contributed by atoms with Gasteiger partial charge in [-0.25, -0.2) is 0 Å². The van der Waals surface area contributed by atoms with Crippen LogP contribution < -0.4 is 10.6 Å². The molecule has 2 atom stereocenters. The Labute approximate surface area is 173 Å². The average molecular weight is 423 g/mol. The molecule has 0 bridgehead atoms. The number of halogens is 1. The summed E-state index contributed by atoms with van der Waals surface area (Å²) in [5.41, 5.74) is 1.75. The minimum atomic E-state index is -0.108. The molecule has 1 saturated heterocycles. The van der Waals surface area contributed by atoms with Crippen molar-refractivity contribution in [2.24, 2.45) is 0 Å². The van der Waals surface area contributed by atoms with Crippen LogP contribution in [0.1, 0.15) is 35.9 Å². The Kier molecular flexibility index (Phi) is 6.87. The number of amides is 1. The number of furan rings is 1. The number of nitrogens with one attached hydrogen (secondary N) is 2. The summed E-state index contributed by atoms with van der Waals surface area (Å²) in [6.07, 6.45) is 2.08. The summed E-state index contributed by atoms with van der Waals surface area (Å²) >= 11 is 3.46. The minimum Gasteiger partial charge on any atom is -0.451 e. The standard InChI is InChI=1S/C20H22N2O2S2.ClH/c1-13-16(7-4-10-21-13)22-20(23)19-15(12-26-18-9-5-11-25-18)14-6-2-3-8-17(14)24-19;/h2-3,5-6,8-9,11,13,16,21H,4,7,10,12H2,1H3,(H,22,23);1H. The molecule has 1 aliphatic rings. The Morgan fingerprint density at radius 1 is 1.33 bits per heavy atom. The number of thioether (sulfide) groups is 1. The van der Waals surface area contributed by atoms with Crippen molar-refractivity contribution in [3.63, 3.8) is 0 Å². The number of carbonyl (C=O) groups is 1. The van der Waals surface area contributed by atoms with Gasteiger partial charge in [-0.15, -0.1) is 35.5 Å². The molecule has 7 heteroatoms. The van der Waals surface area contributed by atoms with Gasteiger partial charge in [0.25, 0.3) is 5.91 Å². The van der Waals surface area contributed by atoms with E-state index in [2.05, 4.69) is 29.0 Å². The molecule has 4 nitrogen and oxygen atoms in total. The number of carbonyl (C=O) groups excluding carboxylic acids is 1. The van der Waals surface area contributed by atoms with Crippen LogP contribution in [-0.2, 0) is 5.75 Å². The molecule has 1 aliphatic heterocycles. The number of thiophene rings is 1. The second-order valence-corrected chi connectivity index (χ2v) is 8.81. The summed E-state index contributed by atoms with van der Waals surface area (Å²) in [7, 11) is 0. The Morgan fingerprint density at radius 3 is 2.96 bits per heavy atom. The summed E-state index contributed by atoms with van der Waals surface area (Å²) in [5.74, 6) is 1.07. The number of hydrogen-bond acceptors (Lipinski definition) is 5. The van der Waals surface area contributed by atoms with Gasteiger partial charge in [0.1, 0.15) is 5.58 Å². The van der Waals surface area contributed by atoms with E-state index in [9.17, 15) is 4.79 Å². The molecular formula is C20H23ClN2O2S2. The van der Waals surface area contributed by atoms with Gasteiger partial charge in [-0.3, -0.25) is 4.79 Å². The van der Waals surface area contributed by atoms with Crippen LogP contribution >= 0.6 is 35.5 Å². The topological polar surface area (TPSA) is 54.3 Å². The van der Waals surface area contributed by atoms with Gasteiger partial charge in [-0.05, 0) is 43.8 Å². The first-order valence-electron chi connectivity index (χ1n) is 8.93. The van der Waals surface area contributed by atoms with Crippen molar-refractivity contribution in [1.29, 1.82) is 0 Å². The van der Waals surface area contributed by atoms with Gasteiger partial charge < -0.3 is 15.1 Å². The molecule has 3 aromatic rings. The van der Waals surface area contributed by atoms with Crippen LogP contribution in [0.2, 0.25) is 0 Å². The lowest BCUT2D eigenvalue weighted by Gasteiger charge is -2.30. The number of fused-ring (bicyclic) bond motifs is 1. The maximum atomic E-state index is 13.0. The van der Waals surface area contributed by atoms with Crippen molar-refractivity contribution in [3.8, 4) is 0 Å². The Hall–Kier alpha value is -1.47. The fraction of sp³-hybridized carbons (Fsp3) is 0.350. The molecule has 2 unspecified atom stereocenters. The Morgan fingerprint density at radius 2 is 2.19 bits per heavy atom. The lowest BCUT2D eigenvalue weighted by molar-refractivity contribution is 0.0893. The average Bonchev–Trinajstić information content (AvgIpc) is 3.29. The largest absolute Gasteiger partial charge is 0.451 e. The van der Waals surface area contributed by atoms with Crippen molar-refractivity contribution in [1.82, 2.24) is 10.6 Å². The molecule has 0 saturated carbocycles. The van der Waals surface area contributed by atoms with Crippen LogP contribution in [-0.4, -0.2) is 24.5 Å². The number of hydrogen-bond donors (Lipinski definition) is 2. The molecule has 2 aromatic heterocycles.